The zero-order valence-electron chi connectivity index (χ0n) is 16.5. The molecule has 8 nitrogen and oxygen atoms in total. The number of rotatable bonds is 8. The zero-order chi connectivity index (χ0) is 19.1. The highest BCUT2D eigenvalue weighted by Crippen LogP contribution is 2.21. The molecule has 1 aromatic rings. The standard InChI is InChI=1S/C19H34N6O2/c1-24(16-6-3-2-4-7-16)13-5-10-21-18(26)17-14-25(23-22-17)15-19(27)8-11-20-12-9-19/h14,16,20,27H,2-13,15H2,1H3,(H,21,26). The van der Waals surface area contributed by atoms with Crippen molar-refractivity contribution in [2.75, 3.05) is 33.2 Å². The van der Waals surface area contributed by atoms with E-state index in [9.17, 15) is 9.90 Å². The molecule has 1 saturated heterocycles. The van der Waals surface area contributed by atoms with Crippen molar-refractivity contribution in [3.05, 3.63) is 11.9 Å². The molecule has 1 aliphatic carbocycles. The van der Waals surface area contributed by atoms with Gasteiger partial charge >= 0.3 is 0 Å². The Morgan fingerprint density at radius 1 is 1.37 bits per heavy atom. The summed E-state index contributed by atoms with van der Waals surface area (Å²) < 4.78 is 1.58. The summed E-state index contributed by atoms with van der Waals surface area (Å²) in [7, 11) is 2.19. The minimum absolute atomic E-state index is 0.195. The Hall–Kier alpha value is -1.51. The molecule has 1 saturated carbocycles. The van der Waals surface area contributed by atoms with Gasteiger partial charge in [0, 0.05) is 12.6 Å². The number of aliphatic hydroxyl groups is 1. The van der Waals surface area contributed by atoms with Gasteiger partial charge in [-0.1, -0.05) is 24.5 Å². The van der Waals surface area contributed by atoms with Gasteiger partial charge in [-0.2, -0.15) is 0 Å². The summed E-state index contributed by atoms with van der Waals surface area (Å²) in [5.41, 5.74) is -0.454. The summed E-state index contributed by atoms with van der Waals surface area (Å²) in [5, 5.41) is 24.7. The van der Waals surface area contributed by atoms with Gasteiger partial charge in [0.05, 0.1) is 18.3 Å². The molecule has 2 heterocycles. The van der Waals surface area contributed by atoms with E-state index in [-0.39, 0.29) is 5.91 Å². The molecule has 1 aromatic heterocycles. The second kappa shape index (κ2) is 9.61. The van der Waals surface area contributed by atoms with E-state index in [1.807, 2.05) is 0 Å². The number of nitrogens with one attached hydrogen (secondary N) is 2. The van der Waals surface area contributed by atoms with Crippen LogP contribution in [0.15, 0.2) is 6.20 Å². The average molecular weight is 379 g/mol. The monoisotopic (exact) mass is 378 g/mol. The van der Waals surface area contributed by atoms with E-state index in [1.54, 1.807) is 10.9 Å². The van der Waals surface area contributed by atoms with Crippen LogP contribution in [0, 0.1) is 0 Å². The van der Waals surface area contributed by atoms with Gasteiger partial charge in [0.2, 0.25) is 0 Å². The molecule has 2 fully saturated rings. The Bertz CT molecular complexity index is 593. The van der Waals surface area contributed by atoms with E-state index < -0.39 is 5.60 Å². The number of aromatic nitrogens is 3. The Morgan fingerprint density at radius 3 is 2.85 bits per heavy atom. The third kappa shape index (κ3) is 5.99. The summed E-state index contributed by atoms with van der Waals surface area (Å²) >= 11 is 0. The van der Waals surface area contributed by atoms with Gasteiger partial charge in [-0.3, -0.25) is 4.79 Å². The zero-order valence-corrected chi connectivity index (χ0v) is 16.5. The maximum absolute atomic E-state index is 12.3. The molecule has 0 bridgehead atoms. The maximum atomic E-state index is 12.3. The summed E-state index contributed by atoms with van der Waals surface area (Å²) in [6, 6.07) is 0.704. The normalized spacial score (nSPS) is 20.7. The Balaban J connectivity index is 1.37. The van der Waals surface area contributed by atoms with Crippen LogP contribution in [0.25, 0.3) is 0 Å². The molecule has 0 radical (unpaired) electrons. The van der Waals surface area contributed by atoms with Crippen molar-refractivity contribution in [2.45, 2.75) is 69.6 Å². The minimum Gasteiger partial charge on any atom is -0.388 e. The molecule has 1 amide bonds. The van der Waals surface area contributed by atoms with Crippen LogP contribution in [0.3, 0.4) is 0 Å². The predicted octanol–water partition coefficient (Wildman–Crippen LogP) is 0.777. The molecule has 27 heavy (non-hydrogen) atoms. The topological polar surface area (TPSA) is 95.3 Å². The minimum atomic E-state index is -0.767. The van der Waals surface area contributed by atoms with E-state index >= 15 is 0 Å². The Kier molecular flexibility index (Phi) is 7.20. The van der Waals surface area contributed by atoms with Gasteiger partial charge < -0.3 is 20.6 Å². The lowest BCUT2D eigenvalue weighted by molar-refractivity contribution is -0.00866. The number of hydrogen-bond acceptors (Lipinski definition) is 6. The van der Waals surface area contributed by atoms with Crippen molar-refractivity contribution in [1.29, 1.82) is 0 Å². The highest BCUT2D eigenvalue weighted by molar-refractivity contribution is 5.91. The van der Waals surface area contributed by atoms with Crippen LogP contribution < -0.4 is 10.6 Å². The lowest BCUT2D eigenvalue weighted by Crippen LogP contribution is -2.44. The van der Waals surface area contributed by atoms with Crippen molar-refractivity contribution in [3.8, 4) is 0 Å². The summed E-state index contributed by atoms with van der Waals surface area (Å²) in [4.78, 5) is 14.7. The molecule has 3 N–H and O–H groups in total. The first-order valence-corrected chi connectivity index (χ1v) is 10.4. The van der Waals surface area contributed by atoms with Gasteiger partial charge in [0.25, 0.3) is 5.91 Å². The quantitative estimate of drug-likeness (QED) is 0.579. The summed E-state index contributed by atoms with van der Waals surface area (Å²) in [6.45, 7) is 3.61. The van der Waals surface area contributed by atoms with E-state index in [4.69, 9.17) is 0 Å². The van der Waals surface area contributed by atoms with Crippen LogP contribution >= 0.6 is 0 Å². The predicted molar refractivity (Wildman–Crippen MR) is 104 cm³/mol. The van der Waals surface area contributed by atoms with Crippen molar-refractivity contribution in [3.63, 3.8) is 0 Å². The fraction of sp³-hybridized carbons (Fsp3) is 0.842. The van der Waals surface area contributed by atoms with Crippen molar-refractivity contribution < 1.29 is 9.90 Å². The van der Waals surface area contributed by atoms with Crippen LogP contribution in [0.5, 0.6) is 0 Å². The first-order valence-electron chi connectivity index (χ1n) is 10.4. The molecule has 152 valence electrons. The Labute approximate surface area is 161 Å². The molecular weight excluding hydrogens is 344 g/mol. The van der Waals surface area contributed by atoms with Crippen LogP contribution in [0.1, 0.15) is 61.9 Å². The van der Waals surface area contributed by atoms with Crippen LogP contribution in [0.4, 0.5) is 0 Å². The molecule has 0 atom stereocenters. The molecule has 0 unspecified atom stereocenters. The van der Waals surface area contributed by atoms with E-state index in [0.29, 0.717) is 37.7 Å². The van der Waals surface area contributed by atoms with Gasteiger partial charge in [-0.15, -0.1) is 5.10 Å². The molecule has 2 aliphatic rings. The fourth-order valence-electron chi connectivity index (χ4n) is 4.16. The number of nitrogens with zero attached hydrogens (tertiary/aromatic N) is 4. The van der Waals surface area contributed by atoms with Crippen LogP contribution in [-0.2, 0) is 6.54 Å². The number of piperidine rings is 1. The third-order valence-electron chi connectivity index (χ3n) is 5.93. The highest BCUT2D eigenvalue weighted by atomic mass is 16.3. The van der Waals surface area contributed by atoms with Crippen LogP contribution in [-0.4, -0.2) is 75.8 Å². The average Bonchev–Trinajstić information content (AvgIpc) is 3.14. The molecule has 0 spiro atoms. The fourth-order valence-corrected chi connectivity index (χ4v) is 4.16. The van der Waals surface area contributed by atoms with Gasteiger partial charge in [-0.05, 0) is 58.8 Å². The Morgan fingerprint density at radius 2 is 2.11 bits per heavy atom. The maximum Gasteiger partial charge on any atom is 0.273 e. The number of hydrogen-bond donors (Lipinski definition) is 3. The van der Waals surface area contributed by atoms with Crippen molar-refractivity contribution >= 4 is 5.91 Å². The van der Waals surface area contributed by atoms with Crippen molar-refractivity contribution in [1.82, 2.24) is 30.5 Å². The second-order valence-electron chi connectivity index (χ2n) is 8.16. The van der Waals surface area contributed by atoms with E-state index in [2.05, 4.69) is 32.9 Å². The van der Waals surface area contributed by atoms with Gasteiger partial charge in [0.15, 0.2) is 5.69 Å². The highest BCUT2D eigenvalue weighted by Gasteiger charge is 2.30. The number of carbonyl (C=O) groups excluding carboxylic acids is 1. The summed E-state index contributed by atoms with van der Waals surface area (Å²) in [5.74, 6) is -0.195. The molecular formula is C19H34N6O2. The summed E-state index contributed by atoms with van der Waals surface area (Å²) in [6.07, 6.45) is 10.6. The largest absolute Gasteiger partial charge is 0.388 e. The van der Waals surface area contributed by atoms with E-state index in [1.165, 1.54) is 32.1 Å². The SMILES string of the molecule is CN(CCCNC(=O)c1cn(CC2(O)CCNCC2)nn1)C1CCCCC1. The van der Waals surface area contributed by atoms with E-state index in [0.717, 1.165) is 26.1 Å². The lowest BCUT2D eigenvalue weighted by Gasteiger charge is -2.32. The molecule has 8 heteroatoms. The number of amides is 1. The first-order chi connectivity index (χ1) is 13.1. The van der Waals surface area contributed by atoms with Crippen molar-refractivity contribution in [2.24, 2.45) is 0 Å². The smallest absolute Gasteiger partial charge is 0.273 e. The van der Waals surface area contributed by atoms with Gasteiger partial charge in [0.1, 0.15) is 0 Å². The molecule has 0 aromatic carbocycles. The number of carbonyl (C=O) groups is 1. The van der Waals surface area contributed by atoms with Crippen LogP contribution in [0.2, 0.25) is 0 Å². The third-order valence-corrected chi connectivity index (χ3v) is 5.93. The molecule has 1 aliphatic heterocycles. The lowest BCUT2D eigenvalue weighted by atomic mass is 9.92. The van der Waals surface area contributed by atoms with Gasteiger partial charge in [-0.25, -0.2) is 4.68 Å². The second-order valence-corrected chi connectivity index (χ2v) is 8.16. The first kappa shape index (κ1) is 20.2. The molecule has 3 rings (SSSR count).